The lowest BCUT2D eigenvalue weighted by atomic mass is 10.1. The van der Waals surface area contributed by atoms with Gasteiger partial charge in [0, 0.05) is 10.4 Å². The van der Waals surface area contributed by atoms with E-state index in [2.05, 4.69) is 0 Å². The lowest BCUT2D eigenvalue weighted by Gasteiger charge is -1.98. The van der Waals surface area contributed by atoms with Crippen LogP contribution in [0.3, 0.4) is 0 Å². The summed E-state index contributed by atoms with van der Waals surface area (Å²) in [6.45, 7) is 0. The Hall–Kier alpha value is -2.52. The summed E-state index contributed by atoms with van der Waals surface area (Å²) in [5.41, 5.74) is 1.55. The molecule has 1 heterocycles. The zero-order chi connectivity index (χ0) is 15.5. The minimum Gasteiger partial charge on any atom is -0.497 e. The molecule has 3 nitrogen and oxygen atoms in total. The molecule has 0 aliphatic rings. The van der Waals surface area contributed by atoms with Gasteiger partial charge in [-0.15, -0.1) is 0 Å². The van der Waals surface area contributed by atoms with Gasteiger partial charge in [-0.2, -0.15) is 0 Å². The maximum Gasteiger partial charge on any atom is 0.221 e. The Morgan fingerprint density at radius 2 is 1.91 bits per heavy atom. The zero-order valence-electron chi connectivity index (χ0n) is 11.9. The van der Waals surface area contributed by atoms with Crippen LogP contribution in [0.15, 0.2) is 59.0 Å². The largest absolute Gasteiger partial charge is 0.497 e. The molecule has 0 saturated heterocycles. The molecule has 22 heavy (non-hydrogen) atoms. The third-order valence-electron chi connectivity index (χ3n) is 3.26. The molecule has 1 aromatic heterocycles. The van der Waals surface area contributed by atoms with E-state index >= 15 is 0 Å². The van der Waals surface area contributed by atoms with Gasteiger partial charge in [-0.05, 0) is 48.0 Å². The van der Waals surface area contributed by atoms with E-state index in [4.69, 9.17) is 20.8 Å². The van der Waals surface area contributed by atoms with Gasteiger partial charge in [0.25, 0.3) is 0 Å². The molecule has 0 saturated carbocycles. The summed E-state index contributed by atoms with van der Waals surface area (Å²) in [6.07, 6.45) is 3.23. The van der Waals surface area contributed by atoms with Crippen LogP contribution in [0.25, 0.3) is 17.0 Å². The van der Waals surface area contributed by atoms with Crippen molar-refractivity contribution in [2.24, 2.45) is 0 Å². The zero-order valence-corrected chi connectivity index (χ0v) is 12.6. The normalized spacial score (nSPS) is 11.2. The van der Waals surface area contributed by atoms with E-state index in [1.54, 1.807) is 37.5 Å². The first-order valence-electron chi connectivity index (χ1n) is 6.71. The molecule has 0 bridgehead atoms. The van der Waals surface area contributed by atoms with Crippen molar-refractivity contribution < 1.29 is 13.9 Å². The molecule has 0 unspecified atom stereocenters. The molecule has 4 heteroatoms. The van der Waals surface area contributed by atoms with E-state index in [0.717, 1.165) is 16.7 Å². The van der Waals surface area contributed by atoms with Crippen molar-refractivity contribution >= 4 is 34.4 Å². The highest BCUT2D eigenvalue weighted by Gasteiger charge is 2.09. The van der Waals surface area contributed by atoms with E-state index in [0.29, 0.717) is 16.4 Å². The van der Waals surface area contributed by atoms with Crippen LogP contribution in [0.5, 0.6) is 5.75 Å². The maximum atomic E-state index is 12.2. The number of carbonyl (C=O) groups is 1. The van der Waals surface area contributed by atoms with E-state index in [1.165, 1.54) is 6.08 Å². The number of furan rings is 1. The smallest absolute Gasteiger partial charge is 0.221 e. The molecular weight excluding hydrogens is 300 g/mol. The summed E-state index contributed by atoms with van der Waals surface area (Å²) in [5.74, 6) is 0.878. The molecule has 3 rings (SSSR count). The monoisotopic (exact) mass is 312 g/mol. The van der Waals surface area contributed by atoms with Crippen LogP contribution >= 0.6 is 11.6 Å². The lowest BCUT2D eigenvalue weighted by molar-refractivity contribution is 0.102. The number of ether oxygens (including phenoxy) is 1. The van der Waals surface area contributed by atoms with Gasteiger partial charge < -0.3 is 9.15 Å². The first kappa shape index (κ1) is 14.4. The Morgan fingerprint density at radius 1 is 1.14 bits per heavy atom. The summed E-state index contributed by atoms with van der Waals surface area (Å²) in [6, 6.07) is 14.4. The first-order valence-corrected chi connectivity index (χ1v) is 7.09. The average molecular weight is 313 g/mol. The summed E-state index contributed by atoms with van der Waals surface area (Å²) < 4.78 is 10.6. The number of halogens is 1. The van der Waals surface area contributed by atoms with Crippen LogP contribution < -0.4 is 4.74 Å². The van der Waals surface area contributed by atoms with Crippen LogP contribution in [0, 0.1) is 0 Å². The number of carbonyl (C=O) groups excluding carboxylic acids is 1. The number of allylic oxidation sites excluding steroid dienone is 1. The van der Waals surface area contributed by atoms with E-state index in [1.807, 2.05) is 24.3 Å². The molecule has 0 aliphatic heterocycles. The van der Waals surface area contributed by atoms with Crippen LogP contribution in [0.2, 0.25) is 5.02 Å². The van der Waals surface area contributed by atoms with Crippen molar-refractivity contribution in [3.63, 3.8) is 0 Å². The Bertz CT molecular complexity index is 844. The average Bonchev–Trinajstić information content (AvgIpc) is 2.96. The molecule has 0 aliphatic carbocycles. The fraction of sp³-hybridized carbons (Fsp3) is 0.0556. The van der Waals surface area contributed by atoms with Gasteiger partial charge in [0.15, 0.2) is 5.76 Å². The maximum absolute atomic E-state index is 12.2. The third-order valence-corrected chi connectivity index (χ3v) is 3.50. The first-order chi connectivity index (χ1) is 10.7. The highest BCUT2D eigenvalue weighted by molar-refractivity contribution is 6.31. The number of hydrogen-bond acceptors (Lipinski definition) is 3. The predicted molar refractivity (Wildman–Crippen MR) is 87.6 cm³/mol. The molecule has 0 spiro atoms. The summed E-state index contributed by atoms with van der Waals surface area (Å²) in [7, 11) is 1.61. The van der Waals surface area contributed by atoms with E-state index < -0.39 is 0 Å². The molecule has 0 fully saturated rings. The molecule has 0 atom stereocenters. The standard InChI is InChI=1S/C18H13ClO3/c1-21-15-6-2-12(3-7-15)4-8-16(20)18-11-13-10-14(19)5-9-17(13)22-18/h2-11H,1H3. The summed E-state index contributed by atoms with van der Waals surface area (Å²) >= 11 is 5.92. The van der Waals surface area contributed by atoms with E-state index in [9.17, 15) is 4.79 Å². The Labute approximate surface area is 132 Å². The van der Waals surface area contributed by atoms with E-state index in [-0.39, 0.29) is 5.78 Å². The van der Waals surface area contributed by atoms with Gasteiger partial charge in [0.2, 0.25) is 5.78 Å². The molecule has 0 radical (unpaired) electrons. The van der Waals surface area contributed by atoms with Crippen molar-refractivity contribution in [3.8, 4) is 5.75 Å². The topological polar surface area (TPSA) is 39.4 Å². The van der Waals surface area contributed by atoms with Gasteiger partial charge in [0.1, 0.15) is 11.3 Å². The van der Waals surface area contributed by atoms with Gasteiger partial charge in [-0.1, -0.05) is 29.8 Å². The minimum absolute atomic E-state index is 0.192. The van der Waals surface area contributed by atoms with Crippen LogP contribution in [-0.2, 0) is 0 Å². The van der Waals surface area contributed by atoms with Gasteiger partial charge in [-0.25, -0.2) is 0 Å². The van der Waals surface area contributed by atoms with Crippen LogP contribution in [0.4, 0.5) is 0 Å². The Morgan fingerprint density at radius 3 is 2.64 bits per heavy atom. The quantitative estimate of drug-likeness (QED) is 0.503. The fourth-order valence-electron chi connectivity index (χ4n) is 2.10. The van der Waals surface area contributed by atoms with Crippen LogP contribution in [0.1, 0.15) is 16.1 Å². The number of ketones is 1. The second kappa shape index (κ2) is 6.08. The van der Waals surface area contributed by atoms with Crippen molar-refractivity contribution in [1.82, 2.24) is 0 Å². The van der Waals surface area contributed by atoms with Crippen LogP contribution in [-0.4, -0.2) is 12.9 Å². The third kappa shape index (κ3) is 3.05. The lowest BCUT2D eigenvalue weighted by Crippen LogP contribution is -1.90. The number of methoxy groups -OCH3 is 1. The summed E-state index contributed by atoms with van der Waals surface area (Å²) in [4.78, 5) is 12.2. The molecule has 110 valence electrons. The molecule has 0 N–H and O–H groups in total. The fourth-order valence-corrected chi connectivity index (χ4v) is 2.29. The van der Waals surface area contributed by atoms with Crippen molar-refractivity contribution in [2.45, 2.75) is 0 Å². The van der Waals surface area contributed by atoms with Gasteiger partial charge >= 0.3 is 0 Å². The Balaban J connectivity index is 1.81. The SMILES string of the molecule is COc1ccc(C=CC(=O)c2cc3cc(Cl)ccc3o2)cc1. The van der Waals surface area contributed by atoms with Crippen molar-refractivity contribution in [3.05, 3.63) is 71.0 Å². The molecule has 2 aromatic carbocycles. The van der Waals surface area contributed by atoms with Crippen molar-refractivity contribution in [2.75, 3.05) is 7.11 Å². The number of benzene rings is 2. The van der Waals surface area contributed by atoms with Gasteiger partial charge in [-0.3, -0.25) is 4.79 Å². The molecule has 0 amide bonds. The molecule has 3 aromatic rings. The highest BCUT2D eigenvalue weighted by atomic mass is 35.5. The predicted octanol–water partition coefficient (Wildman–Crippen LogP) is 4.99. The highest BCUT2D eigenvalue weighted by Crippen LogP contribution is 2.23. The number of hydrogen-bond donors (Lipinski definition) is 0. The summed E-state index contributed by atoms with van der Waals surface area (Å²) in [5, 5.41) is 1.43. The second-order valence-corrected chi connectivity index (χ2v) is 5.20. The molecular formula is C18H13ClO3. The minimum atomic E-state index is -0.192. The second-order valence-electron chi connectivity index (χ2n) is 4.76. The Kier molecular flexibility index (Phi) is 3.98. The van der Waals surface area contributed by atoms with Gasteiger partial charge in [0.05, 0.1) is 7.11 Å². The number of fused-ring (bicyclic) bond motifs is 1. The van der Waals surface area contributed by atoms with Crippen molar-refractivity contribution in [1.29, 1.82) is 0 Å². The number of rotatable bonds is 4.